The second-order valence-electron chi connectivity index (χ2n) is 4.36. The molecule has 0 heterocycles. The summed E-state index contributed by atoms with van der Waals surface area (Å²) in [5.41, 5.74) is 0.192. The molecule has 1 aromatic rings. The van der Waals surface area contributed by atoms with Crippen LogP contribution < -0.4 is 0 Å². The van der Waals surface area contributed by atoms with Gasteiger partial charge in [-0.05, 0) is 30.5 Å². The van der Waals surface area contributed by atoms with E-state index in [0.717, 1.165) is 31.4 Å². The molecule has 0 amide bonds. The van der Waals surface area contributed by atoms with Gasteiger partial charge in [0.05, 0.1) is 0 Å². The van der Waals surface area contributed by atoms with Crippen molar-refractivity contribution in [2.24, 2.45) is 0 Å². The van der Waals surface area contributed by atoms with Gasteiger partial charge < -0.3 is 14.6 Å². The topological polar surface area (TPSA) is 49.7 Å². The number of hydrogen-bond acceptors (Lipinski definition) is 3. The molecule has 0 atom stereocenters. The van der Waals surface area contributed by atoms with Crippen LogP contribution in [-0.4, -0.2) is 26.5 Å². The van der Waals surface area contributed by atoms with Gasteiger partial charge in [0.15, 0.2) is 11.6 Å². The van der Waals surface area contributed by atoms with Gasteiger partial charge in [-0.25, -0.2) is 13.2 Å². The third-order valence-electron chi connectivity index (χ3n) is 2.75. The fraction of sp³-hybridized carbons (Fsp3) is 0.538. The Hall–Kier alpha value is -0.893. The van der Waals surface area contributed by atoms with Crippen LogP contribution in [-0.2, 0) is 10.8 Å². The van der Waals surface area contributed by atoms with Gasteiger partial charge in [0.1, 0.15) is 5.82 Å². The van der Waals surface area contributed by atoms with E-state index in [-0.39, 0.29) is 15.3 Å². The summed E-state index contributed by atoms with van der Waals surface area (Å²) in [6, 6.07) is 2.21. The Morgan fingerprint density at radius 3 is 2.30 bits per heavy atom. The highest BCUT2D eigenvalue weighted by Gasteiger charge is 2.09. The maximum atomic E-state index is 13.3. The molecule has 0 bridgehead atoms. The summed E-state index contributed by atoms with van der Waals surface area (Å²) in [5.74, 6) is -2.91. The maximum Gasteiger partial charge on any atom is 0.256 e. The fourth-order valence-electron chi connectivity index (χ4n) is 1.75. The molecule has 3 nitrogen and oxygen atoms in total. The Morgan fingerprint density at radius 1 is 0.950 bits per heavy atom. The molecule has 0 unspecified atom stereocenters. The van der Waals surface area contributed by atoms with Crippen LogP contribution in [0.4, 0.5) is 13.2 Å². The number of rotatable bonds is 9. The number of unbranched alkanes of at least 4 members (excludes halogenated alkanes) is 3. The van der Waals surface area contributed by atoms with E-state index in [4.69, 9.17) is 10.2 Å². The van der Waals surface area contributed by atoms with Crippen molar-refractivity contribution in [2.45, 2.75) is 44.6 Å². The van der Waals surface area contributed by atoms with Gasteiger partial charge in [-0.15, -0.1) is 0 Å². The van der Waals surface area contributed by atoms with Gasteiger partial charge in [0, 0.05) is 6.07 Å². The predicted molar refractivity (Wildman–Crippen MR) is 68.4 cm³/mol. The molecule has 20 heavy (non-hydrogen) atoms. The number of aryl methyl sites for hydroxylation is 1. The standard InChI is InChI=1S/C13H17F3O3Si/c14-10-8-12(16)11(15)7-9(10)5-3-1-2-4-6-20-19-13(17)18/h7-8,13,17-18H,1-6H2. The van der Waals surface area contributed by atoms with Crippen LogP contribution in [0, 0.1) is 17.5 Å². The minimum absolute atomic E-state index is 0.0409. The van der Waals surface area contributed by atoms with Crippen molar-refractivity contribution >= 4 is 9.76 Å². The van der Waals surface area contributed by atoms with Crippen LogP contribution in [0.2, 0.25) is 6.04 Å². The smallest absolute Gasteiger partial charge is 0.256 e. The second-order valence-corrected chi connectivity index (χ2v) is 5.38. The molecule has 0 aliphatic heterocycles. The predicted octanol–water partition coefficient (Wildman–Crippen LogP) is 2.53. The molecule has 7 heteroatoms. The Labute approximate surface area is 118 Å². The second kappa shape index (κ2) is 9.12. The molecule has 0 aliphatic carbocycles. The van der Waals surface area contributed by atoms with E-state index in [1.54, 1.807) is 0 Å². The molecule has 0 aromatic heterocycles. The van der Waals surface area contributed by atoms with Crippen LogP contribution in [0.3, 0.4) is 0 Å². The highest BCUT2D eigenvalue weighted by molar-refractivity contribution is 6.26. The lowest BCUT2D eigenvalue weighted by atomic mass is 10.1. The van der Waals surface area contributed by atoms with Gasteiger partial charge >= 0.3 is 0 Å². The molecule has 0 saturated heterocycles. The lowest BCUT2D eigenvalue weighted by Gasteiger charge is -2.05. The minimum Gasteiger partial charge on any atom is -0.372 e. The van der Waals surface area contributed by atoms with Gasteiger partial charge in [-0.3, -0.25) is 0 Å². The van der Waals surface area contributed by atoms with Crippen LogP contribution >= 0.6 is 0 Å². The normalized spacial score (nSPS) is 11.3. The van der Waals surface area contributed by atoms with Crippen LogP contribution in [0.25, 0.3) is 0 Å². The summed E-state index contributed by atoms with van der Waals surface area (Å²) >= 11 is 0. The molecule has 2 radical (unpaired) electrons. The summed E-state index contributed by atoms with van der Waals surface area (Å²) in [7, 11) is 0.0409. The first-order valence-corrected chi connectivity index (χ1v) is 7.50. The SMILES string of the molecule is OC(O)O[Si]CCCCCCc1cc(F)c(F)cc1F. The summed E-state index contributed by atoms with van der Waals surface area (Å²) in [6.07, 6.45) is 3.66. The maximum absolute atomic E-state index is 13.3. The fourth-order valence-corrected chi connectivity index (χ4v) is 2.42. The third-order valence-corrected chi connectivity index (χ3v) is 3.69. The van der Waals surface area contributed by atoms with Crippen molar-refractivity contribution in [3.63, 3.8) is 0 Å². The lowest BCUT2D eigenvalue weighted by Crippen LogP contribution is -2.12. The summed E-state index contributed by atoms with van der Waals surface area (Å²) in [4.78, 5) is 0. The average molecular weight is 306 g/mol. The molecule has 1 aromatic carbocycles. The van der Waals surface area contributed by atoms with Gasteiger partial charge in [-0.1, -0.05) is 19.3 Å². The molecule has 0 fully saturated rings. The third kappa shape index (κ3) is 6.51. The van der Waals surface area contributed by atoms with Crippen molar-refractivity contribution in [3.05, 3.63) is 35.1 Å². The molecule has 0 spiro atoms. The van der Waals surface area contributed by atoms with Crippen molar-refractivity contribution in [3.8, 4) is 0 Å². The van der Waals surface area contributed by atoms with Crippen LogP contribution in [0.1, 0.15) is 31.2 Å². The molecule has 0 aliphatic rings. The monoisotopic (exact) mass is 306 g/mol. The molecule has 2 N–H and O–H groups in total. The van der Waals surface area contributed by atoms with E-state index in [9.17, 15) is 13.2 Å². The molecule has 112 valence electrons. The van der Waals surface area contributed by atoms with Crippen LogP contribution in [0.15, 0.2) is 12.1 Å². The van der Waals surface area contributed by atoms with E-state index in [1.165, 1.54) is 0 Å². The summed E-state index contributed by atoms with van der Waals surface area (Å²) in [5, 5.41) is 16.9. The number of hydrogen-bond donors (Lipinski definition) is 2. The van der Waals surface area contributed by atoms with Crippen LogP contribution in [0.5, 0.6) is 0 Å². The Bertz CT molecular complexity index is 416. The zero-order valence-electron chi connectivity index (χ0n) is 10.9. The van der Waals surface area contributed by atoms with E-state index in [0.29, 0.717) is 18.9 Å². The van der Waals surface area contributed by atoms with Crippen molar-refractivity contribution < 1.29 is 27.8 Å². The number of halogens is 3. The largest absolute Gasteiger partial charge is 0.372 e. The van der Waals surface area contributed by atoms with E-state index < -0.39 is 23.9 Å². The van der Waals surface area contributed by atoms with Crippen molar-refractivity contribution in [1.82, 2.24) is 0 Å². The van der Waals surface area contributed by atoms with E-state index in [2.05, 4.69) is 4.43 Å². The summed E-state index contributed by atoms with van der Waals surface area (Å²) in [6.45, 7) is -1.72. The average Bonchev–Trinajstić information content (AvgIpc) is 2.38. The first-order chi connectivity index (χ1) is 9.50. The molecular weight excluding hydrogens is 289 g/mol. The van der Waals surface area contributed by atoms with Gasteiger partial charge in [-0.2, -0.15) is 0 Å². The lowest BCUT2D eigenvalue weighted by molar-refractivity contribution is -0.180. The van der Waals surface area contributed by atoms with Gasteiger partial charge in [0.2, 0.25) is 9.76 Å². The highest BCUT2D eigenvalue weighted by Crippen LogP contribution is 2.16. The highest BCUT2D eigenvalue weighted by atomic mass is 28.2. The quantitative estimate of drug-likeness (QED) is 0.319. The Balaban J connectivity index is 2.14. The minimum atomic E-state index is -1.72. The Kier molecular flexibility index (Phi) is 7.82. The number of benzene rings is 1. The number of aliphatic hydroxyl groups is 2. The van der Waals surface area contributed by atoms with E-state index in [1.807, 2.05) is 0 Å². The molecular formula is C13H17F3O3Si. The first kappa shape index (κ1) is 17.2. The van der Waals surface area contributed by atoms with Gasteiger partial charge in [0.25, 0.3) is 6.48 Å². The van der Waals surface area contributed by atoms with Crippen molar-refractivity contribution in [1.29, 1.82) is 0 Å². The van der Waals surface area contributed by atoms with Crippen molar-refractivity contribution in [2.75, 3.05) is 0 Å². The first-order valence-electron chi connectivity index (χ1n) is 6.38. The Morgan fingerprint density at radius 2 is 1.60 bits per heavy atom. The van der Waals surface area contributed by atoms with E-state index >= 15 is 0 Å². The molecule has 1 rings (SSSR count). The zero-order valence-corrected chi connectivity index (χ0v) is 11.9. The zero-order chi connectivity index (χ0) is 15.0. The molecule has 0 saturated carbocycles. The number of aliphatic hydroxyl groups excluding tert-OH is 1. The summed E-state index contributed by atoms with van der Waals surface area (Å²) < 4.78 is 43.5.